The van der Waals surface area contributed by atoms with Gasteiger partial charge in [0.25, 0.3) is 0 Å². The van der Waals surface area contributed by atoms with E-state index < -0.39 is 17.9 Å². The molecule has 0 bridgehead atoms. The number of carbonyl (C=O) groups is 3. The van der Waals surface area contributed by atoms with E-state index in [0.717, 1.165) is 6.08 Å². The highest BCUT2D eigenvalue weighted by Crippen LogP contribution is 2.07. The van der Waals surface area contributed by atoms with Crippen molar-refractivity contribution < 1.29 is 29.7 Å². The molecule has 1 aromatic rings. The number of carboxylic acid groups (broad SMARTS) is 3. The molecule has 0 unspecified atom stereocenters. The Hall–Kier alpha value is -2.63. The van der Waals surface area contributed by atoms with E-state index in [4.69, 9.17) is 15.3 Å². The monoisotopic (exact) mass is 252 g/mol. The SMILES string of the molecule is C/C=C/C(=O)O.O=C(O)c1ccccc1C(=O)O. The average Bonchev–Trinajstić information content (AvgIpc) is 2.29. The van der Waals surface area contributed by atoms with Gasteiger partial charge in [-0.25, -0.2) is 14.4 Å². The van der Waals surface area contributed by atoms with Gasteiger partial charge >= 0.3 is 17.9 Å². The van der Waals surface area contributed by atoms with Gasteiger partial charge in [-0.3, -0.25) is 0 Å². The van der Waals surface area contributed by atoms with Crippen LogP contribution in [0.15, 0.2) is 36.4 Å². The molecule has 0 aliphatic rings. The molecule has 0 saturated carbocycles. The van der Waals surface area contributed by atoms with Crippen LogP contribution in [-0.2, 0) is 4.79 Å². The van der Waals surface area contributed by atoms with Crippen LogP contribution in [0.3, 0.4) is 0 Å². The minimum atomic E-state index is -1.23. The Balaban J connectivity index is 0.000000411. The van der Waals surface area contributed by atoms with Crippen LogP contribution in [0.4, 0.5) is 0 Å². The van der Waals surface area contributed by atoms with Gasteiger partial charge in [-0.05, 0) is 19.1 Å². The van der Waals surface area contributed by atoms with Gasteiger partial charge in [0.1, 0.15) is 0 Å². The predicted octanol–water partition coefficient (Wildman–Crippen LogP) is 1.73. The quantitative estimate of drug-likeness (QED) is 0.706. The van der Waals surface area contributed by atoms with Crippen molar-refractivity contribution in [3.05, 3.63) is 47.5 Å². The fourth-order valence-corrected chi connectivity index (χ4v) is 0.999. The van der Waals surface area contributed by atoms with Gasteiger partial charge in [-0.1, -0.05) is 18.2 Å². The van der Waals surface area contributed by atoms with Crippen LogP contribution in [0.1, 0.15) is 27.6 Å². The first-order chi connectivity index (χ1) is 8.40. The second kappa shape index (κ2) is 7.61. The van der Waals surface area contributed by atoms with Crippen molar-refractivity contribution in [1.29, 1.82) is 0 Å². The Bertz CT molecular complexity index is 442. The first-order valence-electron chi connectivity index (χ1n) is 4.81. The Morgan fingerprint density at radius 3 is 1.50 bits per heavy atom. The molecule has 0 amide bonds. The minimum Gasteiger partial charge on any atom is -0.478 e. The van der Waals surface area contributed by atoms with E-state index in [2.05, 4.69) is 0 Å². The molecule has 18 heavy (non-hydrogen) atoms. The summed E-state index contributed by atoms with van der Waals surface area (Å²) in [6, 6.07) is 5.48. The van der Waals surface area contributed by atoms with Crippen molar-refractivity contribution in [2.24, 2.45) is 0 Å². The highest BCUT2D eigenvalue weighted by Gasteiger charge is 2.13. The lowest BCUT2D eigenvalue weighted by Gasteiger charge is -1.98. The molecule has 96 valence electrons. The molecule has 6 heteroatoms. The minimum absolute atomic E-state index is 0.190. The van der Waals surface area contributed by atoms with Crippen molar-refractivity contribution in [2.45, 2.75) is 6.92 Å². The molecule has 0 aliphatic carbocycles. The van der Waals surface area contributed by atoms with Gasteiger partial charge in [-0.15, -0.1) is 0 Å². The summed E-state index contributed by atoms with van der Waals surface area (Å²) in [6.07, 6.45) is 2.56. The van der Waals surface area contributed by atoms with Crippen molar-refractivity contribution in [1.82, 2.24) is 0 Å². The van der Waals surface area contributed by atoms with Crippen molar-refractivity contribution in [3.63, 3.8) is 0 Å². The second-order valence-electron chi connectivity index (χ2n) is 2.99. The maximum Gasteiger partial charge on any atom is 0.336 e. The number of hydrogen-bond donors (Lipinski definition) is 3. The van der Waals surface area contributed by atoms with E-state index in [1.54, 1.807) is 6.92 Å². The number of benzene rings is 1. The first-order valence-corrected chi connectivity index (χ1v) is 4.81. The van der Waals surface area contributed by atoms with Crippen molar-refractivity contribution in [3.8, 4) is 0 Å². The summed E-state index contributed by atoms with van der Waals surface area (Å²) < 4.78 is 0. The Morgan fingerprint density at radius 2 is 1.33 bits per heavy atom. The third-order valence-electron chi connectivity index (χ3n) is 1.70. The lowest BCUT2D eigenvalue weighted by Crippen LogP contribution is -2.06. The van der Waals surface area contributed by atoms with Crippen LogP contribution >= 0.6 is 0 Å². The third-order valence-corrected chi connectivity index (χ3v) is 1.70. The van der Waals surface area contributed by atoms with Gasteiger partial charge in [-0.2, -0.15) is 0 Å². The van der Waals surface area contributed by atoms with E-state index >= 15 is 0 Å². The molecule has 0 heterocycles. The van der Waals surface area contributed by atoms with Crippen molar-refractivity contribution in [2.75, 3.05) is 0 Å². The normalized spacial score (nSPS) is 9.39. The number of aliphatic carboxylic acids is 1. The maximum absolute atomic E-state index is 10.5. The molecule has 1 rings (SSSR count). The van der Waals surface area contributed by atoms with Crippen LogP contribution in [0.2, 0.25) is 0 Å². The van der Waals surface area contributed by atoms with Crippen LogP contribution in [0.25, 0.3) is 0 Å². The van der Waals surface area contributed by atoms with Crippen molar-refractivity contribution >= 4 is 17.9 Å². The predicted molar refractivity (Wildman–Crippen MR) is 62.8 cm³/mol. The summed E-state index contributed by atoms with van der Waals surface area (Å²) in [5.41, 5.74) is -0.380. The van der Waals surface area contributed by atoms with Crippen LogP contribution in [-0.4, -0.2) is 33.2 Å². The lowest BCUT2D eigenvalue weighted by atomic mass is 10.1. The fourth-order valence-electron chi connectivity index (χ4n) is 0.999. The molecule has 3 N–H and O–H groups in total. The van der Waals surface area contributed by atoms with Crippen LogP contribution in [0.5, 0.6) is 0 Å². The zero-order valence-electron chi connectivity index (χ0n) is 9.53. The summed E-state index contributed by atoms with van der Waals surface area (Å²) in [7, 11) is 0. The summed E-state index contributed by atoms with van der Waals surface area (Å²) >= 11 is 0. The Morgan fingerprint density at radius 1 is 0.944 bits per heavy atom. The maximum atomic E-state index is 10.5. The molecular weight excluding hydrogens is 240 g/mol. The first kappa shape index (κ1) is 15.4. The van der Waals surface area contributed by atoms with Crippen LogP contribution in [0, 0.1) is 0 Å². The van der Waals surface area contributed by atoms with E-state index in [1.165, 1.54) is 30.3 Å². The van der Waals surface area contributed by atoms with Crippen LogP contribution < -0.4 is 0 Å². The Labute approximate surface area is 103 Å². The highest BCUT2D eigenvalue weighted by atomic mass is 16.4. The molecule has 0 radical (unpaired) electrons. The van der Waals surface area contributed by atoms with E-state index in [9.17, 15) is 14.4 Å². The fraction of sp³-hybridized carbons (Fsp3) is 0.0833. The summed E-state index contributed by atoms with van der Waals surface area (Å²) in [5, 5.41) is 24.9. The average molecular weight is 252 g/mol. The molecule has 6 nitrogen and oxygen atoms in total. The smallest absolute Gasteiger partial charge is 0.336 e. The molecule has 0 aromatic heterocycles. The van der Waals surface area contributed by atoms with E-state index in [1.807, 2.05) is 0 Å². The summed E-state index contributed by atoms with van der Waals surface area (Å²) in [6.45, 7) is 1.66. The number of allylic oxidation sites excluding steroid dienone is 1. The number of rotatable bonds is 3. The van der Waals surface area contributed by atoms with E-state index in [0.29, 0.717) is 0 Å². The molecule has 0 aliphatic heterocycles. The Kier molecular flexibility index (Phi) is 6.50. The topological polar surface area (TPSA) is 112 Å². The number of hydrogen-bond acceptors (Lipinski definition) is 3. The highest BCUT2D eigenvalue weighted by molar-refractivity contribution is 6.01. The summed E-state index contributed by atoms with van der Waals surface area (Å²) in [4.78, 5) is 30.4. The molecule has 0 spiro atoms. The van der Waals surface area contributed by atoms with E-state index in [-0.39, 0.29) is 11.1 Å². The van der Waals surface area contributed by atoms with Gasteiger partial charge in [0.2, 0.25) is 0 Å². The molecule has 0 fully saturated rings. The molecule has 1 aromatic carbocycles. The molecular formula is C12H12O6. The summed E-state index contributed by atoms with van der Waals surface area (Å²) in [5.74, 6) is -3.35. The van der Waals surface area contributed by atoms with Gasteiger partial charge in [0, 0.05) is 6.08 Å². The third kappa shape index (κ3) is 5.45. The number of aromatic carboxylic acids is 2. The molecule has 0 saturated heterocycles. The van der Waals surface area contributed by atoms with Gasteiger partial charge in [0.15, 0.2) is 0 Å². The largest absolute Gasteiger partial charge is 0.478 e. The molecule has 0 atom stereocenters. The lowest BCUT2D eigenvalue weighted by molar-refractivity contribution is -0.131. The zero-order chi connectivity index (χ0) is 14.1. The zero-order valence-corrected chi connectivity index (χ0v) is 9.53. The standard InChI is InChI=1S/C8H6O4.C4H6O2/c9-7(10)5-3-1-2-4-6(5)8(11)12;1-2-3-4(5)6/h1-4H,(H,9,10)(H,11,12);2-3H,1H3,(H,5,6)/b;3-2+. The van der Waals surface area contributed by atoms with Gasteiger partial charge < -0.3 is 15.3 Å². The van der Waals surface area contributed by atoms with Gasteiger partial charge in [0.05, 0.1) is 11.1 Å². The second-order valence-corrected chi connectivity index (χ2v) is 2.99. The number of carboxylic acids is 3.